The lowest BCUT2D eigenvalue weighted by Crippen LogP contribution is -2.55. The maximum atomic E-state index is 13.3. The van der Waals surface area contributed by atoms with Crippen molar-refractivity contribution in [1.82, 2.24) is 20.4 Å². The number of hydrogen-bond donors (Lipinski definition) is 3. The third-order valence-electron chi connectivity index (χ3n) is 7.11. The highest BCUT2D eigenvalue weighted by Crippen LogP contribution is 2.21. The van der Waals surface area contributed by atoms with Crippen molar-refractivity contribution in [3.8, 4) is 0 Å². The van der Waals surface area contributed by atoms with Crippen molar-refractivity contribution in [3.63, 3.8) is 0 Å². The van der Waals surface area contributed by atoms with Gasteiger partial charge in [0.1, 0.15) is 11.6 Å². The number of β-amino-alcohol motifs (C(OH)–C–C–N with tert-alkyl or cyclic N) is 1. The van der Waals surface area contributed by atoms with Crippen molar-refractivity contribution in [1.29, 1.82) is 0 Å². The lowest BCUT2D eigenvalue weighted by atomic mass is 10.0. The van der Waals surface area contributed by atoms with Crippen LogP contribution >= 0.6 is 0 Å². The van der Waals surface area contributed by atoms with Crippen molar-refractivity contribution in [2.75, 3.05) is 32.8 Å². The van der Waals surface area contributed by atoms with Crippen molar-refractivity contribution in [2.24, 2.45) is 5.92 Å². The number of rotatable bonds is 6. The first-order chi connectivity index (χ1) is 17.7. The minimum atomic E-state index is -0.926. The summed E-state index contributed by atoms with van der Waals surface area (Å²) in [7, 11) is 0. The Morgan fingerprint density at radius 2 is 1.86 bits per heavy atom. The third-order valence-corrected chi connectivity index (χ3v) is 7.11. The number of hydrogen-bond acceptors (Lipinski definition) is 6. The number of aliphatic hydroxyl groups is 1. The molecule has 0 radical (unpaired) electrons. The molecule has 0 unspecified atom stereocenters. The van der Waals surface area contributed by atoms with Gasteiger partial charge in [0.05, 0.1) is 31.9 Å². The zero-order chi connectivity index (χ0) is 26.5. The second kappa shape index (κ2) is 12.0. The molecule has 0 aliphatic carbocycles. The molecule has 2 fully saturated rings. The van der Waals surface area contributed by atoms with Crippen LogP contribution in [0.5, 0.6) is 0 Å². The summed E-state index contributed by atoms with van der Waals surface area (Å²) in [5, 5.41) is 17.6. The standard InChI is InChI=1S/C27H38N4O6/c1-17(2)14-21(29-26(34)24-15-19-6-4-5-7-23(19)37-24)25(33)28-20-9-8-18(3)31(16-22(20)32)27(35)30-10-12-36-13-11-30/h4-7,15,17-18,20-22,32H,8-14,16H2,1-3H3,(H,28,33)(H,29,34)/t18-,20+,21+,22+/m1/s1. The van der Waals surface area contributed by atoms with Crippen LogP contribution in [0.4, 0.5) is 4.79 Å². The molecule has 3 heterocycles. The average Bonchev–Trinajstić information content (AvgIpc) is 3.27. The van der Waals surface area contributed by atoms with Gasteiger partial charge in [-0.05, 0) is 44.2 Å². The summed E-state index contributed by atoms with van der Waals surface area (Å²) in [4.78, 5) is 42.8. The highest BCUT2D eigenvalue weighted by Gasteiger charge is 2.36. The van der Waals surface area contributed by atoms with Gasteiger partial charge in [0.15, 0.2) is 5.76 Å². The Morgan fingerprint density at radius 1 is 1.14 bits per heavy atom. The van der Waals surface area contributed by atoms with E-state index in [1.807, 2.05) is 39.0 Å². The van der Waals surface area contributed by atoms with Gasteiger partial charge in [-0.1, -0.05) is 32.0 Å². The third kappa shape index (κ3) is 6.61. The molecule has 37 heavy (non-hydrogen) atoms. The number of nitrogens with zero attached hydrogens (tertiary/aromatic N) is 2. The zero-order valence-electron chi connectivity index (χ0n) is 21.8. The number of morpholine rings is 1. The number of fused-ring (bicyclic) bond motifs is 1. The predicted octanol–water partition coefficient (Wildman–Crippen LogP) is 2.36. The number of urea groups is 1. The first kappa shape index (κ1) is 26.9. The van der Waals surface area contributed by atoms with Crippen molar-refractivity contribution in [3.05, 3.63) is 36.1 Å². The van der Waals surface area contributed by atoms with E-state index in [1.54, 1.807) is 21.9 Å². The molecular weight excluding hydrogens is 476 g/mol. The molecule has 1 aromatic heterocycles. The quantitative estimate of drug-likeness (QED) is 0.544. The van der Waals surface area contributed by atoms with Gasteiger partial charge in [0.2, 0.25) is 5.91 Å². The van der Waals surface area contributed by atoms with Crippen LogP contribution in [-0.2, 0) is 9.53 Å². The van der Waals surface area contributed by atoms with Gasteiger partial charge in [0.25, 0.3) is 5.91 Å². The molecule has 0 spiro atoms. The molecule has 0 bridgehead atoms. The number of amides is 4. The number of aliphatic hydroxyl groups excluding tert-OH is 1. The lowest BCUT2D eigenvalue weighted by molar-refractivity contribution is -0.125. The number of para-hydroxylation sites is 1. The summed E-state index contributed by atoms with van der Waals surface area (Å²) in [6, 6.07) is 7.48. The maximum absolute atomic E-state index is 13.3. The van der Waals surface area contributed by atoms with Crippen LogP contribution in [0, 0.1) is 5.92 Å². The molecule has 2 aromatic rings. The molecule has 10 heteroatoms. The maximum Gasteiger partial charge on any atom is 0.320 e. The zero-order valence-corrected chi connectivity index (χ0v) is 21.8. The number of ether oxygens (including phenoxy) is 1. The van der Waals surface area contributed by atoms with Crippen LogP contribution in [0.25, 0.3) is 11.0 Å². The van der Waals surface area contributed by atoms with E-state index < -0.39 is 24.1 Å². The number of carbonyl (C=O) groups is 3. The number of likely N-dealkylation sites (tertiary alicyclic amines) is 1. The molecule has 2 saturated heterocycles. The largest absolute Gasteiger partial charge is 0.451 e. The fourth-order valence-electron chi connectivity index (χ4n) is 4.96. The molecule has 4 amide bonds. The van der Waals surface area contributed by atoms with E-state index in [1.165, 1.54) is 0 Å². The van der Waals surface area contributed by atoms with Crippen molar-refractivity contribution < 1.29 is 28.6 Å². The van der Waals surface area contributed by atoms with Gasteiger partial charge in [-0.25, -0.2) is 4.79 Å². The SMILES string of the molecule is CC(C)C[C@H](NC(=O)c1cc2ccccc2o1)C(=O)N[C@H]1CC[C@@H](C)N(C(=O)N2CCOCC2)C[C@@H]1O. The molecule has 4 rings (SSSR count). The van der Waals surface area contributed by atoms with Crippen molar-refractivity contribution >= 4 is 28.8 Å². The Hall–Kier alpha value is -3.11. The van der Waals surface area contributed by atoms with Gasteiger partial charge >= 0.3 is 6.03 Å². The fourth-order valence-corrected chi connectivity index (χ4v) is 4.96. The van der Waals surface area contributed by atoms with Gasteiger partial charge in [-0.15, -0.1) is 0 Å². The minimum Gasteiger partial charge on any atom is -0.451 e. The van der Waals surface area contributed by atoms with E-state index in [2.05, 4.69) is 10.6 Å². The monoisotopic (exact) mass is 514 g/mol. The molecule has 202 valence electrons. The molecule has 0 saturated carbocycles. The van der Waals surface area contributed by atoms with E-state index in [-0.39, 0.29) is 36.2 Å². The second-order valence-electron chi connectivity index (χ2n) is 10.4. The topological polar surface area (TPSA) is 124 Å². The Morgan fingerprint density at radius 3 is 2.57 bits per heavy atom. The molecular formula is C27H38N4O6. The summed E-state index contributed by atoms with van der Waals surface area (Å²) in [5.74, 6) is -0.534. The normalized spacial score (nSPS) is 23.5. The van der Waals surface area contributed by atoms with Gasteiger partial charge in [-0.3, -0.25) is 9.59 Å². The van der Waals surface area contributed by atoms with Crippen LogP contribution in [0.1, 0.15) is 50.6 Å². The van der Waals surface area contributed by atoms with E-state index in [0.717, 1.165) is 5.39 Å². The molecule has 4 atom stereocenters. The Balaban J connectivity index is 1.41. The van der Waals surface area contributed by atoms with E-state index in [4.69, 9.17) is 9.15 Å². The highest BCUT2D eigenvalue weighted by atomic mass is 16.5. The van der Waals surface area contributed by atoms with Crippen LogP contribution < -0.4 is 10.6 Å². The number of nitrogens with one attached hydrogen (secondary N) is 2. The minimum absolute atomic E-state index is 0.0776. The molecule has 1 aromatic carbocycles. The lowest BCUT2D eigenvalue weighted by Gasteiger charge is -2.36. The van der Waals surface area contributed by atoms with Crippen molar-refractivity contribution in [2.45, 2.75) is 64.3 Å². The summed E-state index contributed by atoms with van der Waals surface area (Å²) < 4.78 is 11.0. The predicted molar refractivity (Wildman–Crippen MR) is 138 cm³/mol. The fraction of sp³-hybridized carbons (Fsp3) is 0.593. The van der Waals surface area contributed by atoms with Gasteiger partial charge < -0.3 is 34.7 Å². The summed E-state index contributed by atoms with van der Waals surface area (Å²) in [6.45, 7) is 8.11. The number of carbonyl (C=O) groups excluding carboxylic acids is 3. The number of furan rings is 1. The van der Waals surface area contributed by atoms with Crippen LogP contribution in [0.15, 0.2) is 34.7 Å². The molecule has 10 nitrogen and oxygen atoms in total. The summed E-state index contributed by atoms with van der Waals surface area (Å²) in [6.07, 6.45) is 0.661. The first-order valence-electron chi connectivity index (χ1n) is 13.1. The molecule has 3 N–H and O–H groups in total. The van der Waals surface area contributed by atoms with Gasteiger partial charge in [0, 0.05) is 24.5 Å². The van der Waals surface area contributed by atoms with Crippen LogP contribution in [0.3, 0.4) is 0 Å². The van der Waals surface area contributed by atoms with Crippen LogP contribution in [0.2, 0.25) is 0 Å². The van der Waals surface area contributed by atoms with Gasteiger partial charge in [-0.2, -0.15) is 0 Å². The smallest absolute Gasteiger partial charge is 0.320 e. The summed E-state index contributed by atoms with van der Waals surface area (Å²) >= 11 is 0. The molecule has 2 aliphatic heterocycles. The van der Waals surface area contributed by atoms with E-state index in [9.17, 15) is 19.5 Å². The summed E-state index contributed by atoms with van der Waals surface area (Å²) in [5.41, 5.74) is 0.601. The second-order valence-corrected chi connectivity index (χ2v) is 10.4. The number of benzene rings is 1. The Labute approximate surface area is 217 Å². The Kier molecular flexibility index (Phi) is 8.71. The van der Waals surface area contributed by atoms with E-state index in [0.29, 0.717) is 51.1 Å². The molecule has 2 aliphatic rings. The van der Waals surface area contributed by atoms with E-state index >= 15 is 0 Å². The highest BCUT2D eigenvalue weighted by molar-refractivity contribution is 5.98. The first-order valence-corrected chi connectivity index (χ1v) is 13.1. The Bertz CT molecular complexity index is 1060. The average molecular weight is 515 g/mol. The van der Waals surface area contributed by atoms with Crippen LogP contribution in [-0.4, -0.2) is 89.8 Å².